The fourth-order valence-corrected chi connectivity index (χ4v) is 1.93. The number of aliphatic imine (C=N–C) groups is 1. The molecule has 0 unspecified atom stereocenters. The predicted octanol–water partition coefficient (Wildman–Crippen LogP) is 1.23. The number of guanidine groups is 1. The first-order valence-corrected chi connectivity index (χ1v) is 6.01. The summed E-state index contributed by atoms with van der Waals surface area (Å²) >= 11 is 0. The van der Waals surface area contributed by atoms with Crippen LogP contribution >= 0.6 is 0 Å². The minimum Gasteiger partial charge on any atom is -0.383 e. The molecule has 0 radical (unpaired) electrons. The summed E-state index contributed by atoms with van der Waals surface area (Å²) in [6.45, 7) is 1.12. The van der Waals surface area contributed by atoms with Crippen molar-refractivity contribution in [3.8, 4) is 0 Å². The number of benzene rings is 1. The first kappa shape index (κ1) is 12.8. The summed E-state index contributed by atoms with van der Waals surface area (Å²) in [6.07, 6.45) is 1.01. The van der Waals surface area contributed by atoms with Crippen LogP contribution in [0.25, 0.3) is 0 Å². The third-order valence-electron chi connectivity index (χ3n) is 3.00. The summed E-state index contributed by atoms with van der Waals surface area (Å²) in [7, 11) is 1.63. The van der Waals surface area contributed by atoms with Gasteiger partial charge in [-0.1, -0.05) is 12.1 Å². The molecule has 0 saturated heterocycles. The third-order valence-corrected chi connectivity index (χ3v) is 3.00. The minimum absolute atomic E-state index is 0.204. The fourth-order valence-electron chi connectivity index (χ4n) is 1.93. The molecule has 0 bridgehead atoms. The van der Waals surface area contributed by atoms with Gasteiger partial charge in [0, 0.05) is 19.1 Å². The van der Waals surface area contributed by atoms with Gasteiger partial charge < -0.3 is 15.8 Å². The molecule has 0 aliphatic heterocycles. The number of halogens is 1. The number of nitrogens with one attached hydrogen (secondary N) is 1. The van der Waals surface area contributed by atoms with Gasteiger partial charge in [-0.3, -0.25) is 4.99 Å². The molecule has 1 fully saturated rings. The van der Waals surface area contributed by atoms with Crippen molar-refractivity contribution >= 4 is 5.96 Å². The van der Waals surface area contributed by atoms with Crippen LogP contribution < -0.4 is 11.1 Å². The van der Waals surface area contributed by atoms with Gasteiger partial charge in [0.15, 0.2) is 5.96 Å². The Bertz CT molecular complexity index is 419. The fraction of sp³-hybridized carbons (Fsp3) is 0.462. The Morgan fingerprint density at radius 2 is 2.22 bits per heavy atom. The van der Waals surface area contributed by atoms with Crippen LogP contribution in [0.1, 0.15) is 17.9 Å². The standard InChI is InChI=1S/C13H18FN3O/c1-18-7-6-16-13(15)17-12-8-11(12)9-2-4-10(14)5-3-9/h2-5,11-12H,6-8H2,1H3,(H3,15,16,17)/t11-,12+/m0/s1. The van der Waals surface area contributed by atoms with Gasteiger partial charge in [-0.15, -0.1) is 0 Å². The highest BCUT2D eigenvalue weighted by molar-refractivity contribution is 5.78. The van der Waals surface area contributed by atoms with E-state index in [4.69, 9.17) is 10.5 Å². The molecule has 2 atom stereocenters. The number of ether oxygens (including phenoxy) is 1. The normalized spacial score (nSPS) is 22.9. The Kier molecular flexibility index (Phi) is 4.15. The van der Waals surface area contributed by atoms with E-state index in [2.05, 4.69) is 10.3 Å². The van der Waals surface area contributed by atoms with Crippen molar-refractivity contribution in [3.05, 3.63) is 35.6 Å². The van der Waals surface area contributed by atoms with E-state index in [9.17, 15) is 4.39 Å². The summed E-state index contributed by atoms with van der Waals surface area (Å²) < 4.78 is 17.7. The Labute approximate surface area is 106 Å². The summed E-state index contributed by atoms with van der Waals surface area (Å²) in [6, 6.07) is 6.92. The molecule has 18 heavy (non-hydrogen) atoms. The molecular formula is C13H18FN3O. The third kappa shape index (κ3) is 3.43. The van der Waals surface area contributed by atoms with Crippen molar-refractivity contribution in [1.29, 1.82) is 0 Å². The Balaban J connectivity index is 1.81. The van der Waals surface area contributed by atoms with Crippen molar-refractivity contribution in [1.82, 2.24) is 5.32 Å². The molecule has 1 aliphatic carbocycles. The molecule has 0 heterocycles. The number of nitrogens with two attached hydrogens (primary N) is 1. The number of methoxy groups -OCH3 is 1. The number of nitrogens with zero attached hydrogens (tertiary/aromatic N) is 1. The molecule has 2 rings (SSSR count). The van der Waals surface area contributed by atoms with Gasteiger partial charge in [-0.05, 0) is 24.1 Å². The minimum atomic E-state index is -0.204. The largest absolute Gasteiger partial charge is 0.383 e. The first-order chi connectivity index (χ1) is 8.70. The maximum atomic E-state index is 12.8. The lowest BCUT2D eigenvalue weighted by Crippen LogP contribution is -2.34. The summed E-state index contributed by atoms with van der Waals surface area (Å²) in [4.78, 5) is 4.13. The van der Waals surface area contributed by atoms with Gasteiger partial charge in [-0.2, -0.15) is 0 Å². The van der Waals surface area contributed by atoms with E-state index in [1.165, 1.54) is 12.1 Å². The van der Waals surface area contributed by atoms with Crippen LogP contribution in [0.4, 0.5) is 4.39 Å². The number of hydrogen-bond acceptors (Lipinski definition) is 2. The second-order valence-electron chi connectivity index (χ2n) is 4.40. The molecule has 1 aliphatic rings. The smallest absolute Gasteiger partial charge is 0.188 e. The summed E-state index contributed by atoms with van der Waals surface area (Å²) in [5.41, 5.74) is 6.88. The molecule has 1 saturated carbocycles. The van der Waals surface area contributed by atoms with Gasteiger partial charge in [-0.25, -0.2) is 4.39 Å². The average Bonchev–Trinajstić information content (AvgIpc) is 3.09. The molecule has 4 nitrogen and oxygen atoms in total. The van der Waals surface area contributed by atoms with E-state index in [1.807, 2.05) is 12.1 Å². The molecule has 98 valence electrons. The van der Waals surface area contributed by atoms with Crippen molar-refractivity contribution in [2.24, 2.45) is 10.7 Å². The Morgan fingerprint density at radius 1 is 1.50 bits per heavy atom. The van der Waals surface area contributed by atoms with Crippen LogP contribution in [-0.2, 0) is 4.74 Å². The lowest BCUT2D eigenvalue weighted by atomic mass is 10.1. The summed E-state index contributed by atoms with van der Waals surface area (Å²) in [5, 5.41) is 3.15. The van der Waals surface area contributed by atoms with E-state index in [0.717, 1.165) is 12.0 Å². The van der Waals surface area contributed by atoms with Crippen LogP contribution in [0.15, 0.2) is 29.3 Å². The molecule has 5 heteroatoms. The van der Waals surface area contributed by atoms with Gasteiger partial charge in [0.2, 0.25) is 0 Å². The zero-order valence-corrected chi connectivity index (χ0v) is 10.4. The number of rotatable bonds is 5. The lowest BCUT2D eigenvalue weighted by Gasteiger charge is -2.05. The molecule has 0 amide bonds. The molecule has 3 N–H and O–H groups in total. The van der Waals surface area contributed by atoms with Crippen LogP contribution in [0.3, 0.4) is 0 Å². The maximum absolute atomic E-state index is 12.8. The van der Waals surface area contributed by atoms with Gasteiger partial charge in [0.25, 0.3) is 0 Å². The predicted molar refractivity (Wildman–Crippen MR) is 69.0 cm³/mol. The van der Waals surface area contributed by atoms with Gasteiger partial charge in [0.05, 0.1) is 13.2 Å². The highest BCUT2D eigenvalue weighted by Crippen LogP contribution is 2.40. The van der Waals surface area contributed by atoms with E-state index in [0.29, 0.717) is 31.1 Å². The molecule has 1 aromatic rings. The zero-order chi connectivity index (χ0) is 13.0. The average molecular weight is 251 g/mol. The molecule has 1 aromatic carbocycles. The van der Waals surface area contributed by atoms with Crippen LogP contribution in [-0.4, -0.2) is 32.3 Å². The van der Waals surface area contributed by atoms with E-state index < -0.39 is 0 Å². The second kappa shape index (κ2) is 5.82. The Morgan fingerprint density at radius 3 is 2.89 bits per heavy atom. The highest BCUT2D eigenvalue weighted by Gasteiger charge is 2.38. The number of hydrogen-bond donors (Lipinski definition) is 2. The van der Waals surface area contributed by atoms with Gasteiger partial charge >= 0.3 is 0 Å². The van der Waals surface area contributed by atoms with Crippen molar-refractivity contribution in [2.75, 3.05) is 20.3 Å². The van der Waals surface area contributed by atoms with Crippen molar-refractivity contribution in [3.63, 3.8) is 0 Å². The highest BCUT2D eigenvalue weighted by atomic mass is 19.1. The molecular weight excluding hydrogens is 233 g/mol. The van der Waals surface area contributed by atoms with E-state index in [-0.39, 0.29) is 5.82 Å². The maximum Gasteiger partial charge on any atom is 0.188 e. The Hall–Kier alpha value is -1.62. The zero-order valence-electron chi connectivity index (χ0n) is 10.4. The molecule has 0 aromatic heterocycles. The quantitative estimate of drug-likeness (QED) is 0.470. The molecule has 0 spiro atoms. The van der Waals surface area contributed by atoms with Crippen LogP contribution in [0.5, 0.6) is 0 Å². The van der Waals surface area contributed by atoms with Gasteiger partial charge in [0.1, 0.15) is 5.82 Å². The monoisotopic (exact) mass is 251 g/mol. The lowest BCUT2D eigenvalue weighted by molar-refractivity contribution is 0.208. The van der Waals surface area contributed by atoms with Crippen molar-refractivity contribution in [2.45, 2.75) is 18.4 Å². The SMILES string of the molecule is COCCN=C(N)N[C@@H]1C[C@H]1c1ccc(F)cc1. The first-order valence-electron chi connectivity index (χ1n) is 6.01. The second-order valence-corrected chi connectivity index (χ2v) is 4.40. The topological polar surface area (TPSA) is 59.6 Å². The van der Waals surface area contributed by atoms with E-state index in [1.54, 1.807) is 7.11 Å². The van der Waals surface area contributed by atoms with Crippen molar-refractivity contribution < 1.29 is 9.13 Å². The summed E-state index contributed by atoms with van der Waals surface area (Å²) in [5.74, 6) is 0.646. The van der Waals surface area contributed by atoms with E-state index >= 15 is 0 Å². The van der Waals surface area contributed by atoms with Crippen LogP contribution in [0, 0.1) is 5.82 Å². The van der Waals surface area contributed by atoms with Crippen LogP contribution in [0.2, 0.25) is 0 Å².